The zero-order valence-corrected chi connectivity index (χ0v) is 20.3. The van der Waals surface area contributed by atoms with E-state index in [9.17, 15) is 10.1 Å². The van der Waals surface area contributed by atoms with Crippen LogP contribution in [0.5, 0.6) is 11.5 Å². The van der Waals surface area contributed by atoms with E-state index in [1.165, 1.54) is 6.20 Å². The molecule has 10 heteroatoms. The van der Waals surface area contributed by atoms with Gasteiger partial charge >= 0.3 is 0 Å². The topological polar surface area (TPSA) is 141 Å². The second kappa shape index (κ2) is 9.22. The SMILES string of the molecule is C[C@H](Nc1nc(N)ncc1C#N)c1nc2cccc(-c3ccc4c(c3)OCO4)c2c(=O)n1-c1ccccc1. The Hall–Kier alpha value is -5.43. The average molecular weight is 504 g/mol. The van der Waals surface area contributed by atoms with E-state index >= 15 is 0 Å². The summed E-state index contributed by atoms with van der Waals surface area (Å²) in [7, 11) is 0. The van der Waals surface area contributed by atoms with Gasteiger partial charge in [0.15, 0.2) is 11.5 Å². The van der Waals surface area contributed by atoms with E-state index in [0.717, 1.165) is 11.1 Å². The summed E-state index contributed by atoms with van der Waals surface area (Å²) in [6.07, 6.45) is 1.35. The van der Waals surface area contributed by atoms with Gasteiger partial charge in [-0.25, -0.2) is 9.97 Å². The Labute approximate surface area is 216 Å². The van der Waals surface area contributed by atoms with E-state index in [4.69, 9.17) is 20.2 Å². The first-order valence-corrected chi connectivity index (χ1v) is 11.8. The molecule has 2 aromatic heterocycles. The molecule has 1 aliphatic rings. The molecule has 0 saturated heterocycles. The van der Waals surface area contributed by atoms with Crippen LogP contribution in [0.15, 0.2) is 77.7 Å². The minimum atomic E-state index is -0.525. The largest absolute Gasteiger partial charge is 0.454 e. The van der Waals surface area contributed by atoms with Gasteiger partial charge in [-0.15, -0.1) is 0 Å². The Kier molecular flexibility index (Phi) is 5.58. The van der Waals surface area contributed by atoms with Gasteiger partial charge in [-0.2, -0.15) is 10.2 Å². The molecule has 0 radical (unpaired) electrons. The van der Waals surface area contributed by atoms with E-state index in [1.54, 1.807) is 4.57 Å². The minimum Gasteiger partial charge on any atom is -0.454 e. The molecule has 0 bridgehead atoms. The lowest BCUT2D eigenvalue weighted by Gasteiger charge is -2.21. The second-order valence-electron chi connectivity index (χ2n) is 8.68. The van der Waals surface area contributed by atoms with Crippen molar-refractivity contribution in [1.82, 2.24) is 19.5 Å². The standard InChI is InChI=1S/C28H21N7O3/c1-16(32-25-18(13-29)14-31-28(30)34-25)26-33-21-9-5-8-20(17-10-11-22-23(12-17)38-15-37-22)24(21)27(36)35(26)19-6-3-2-4-7-19/h2-12,14,16H,15H2,1H3,(H3,30,31,32,34)/t16-/m0/s1. The van der Waals surface area contributed by atoms with Crippen molar-refractivity contribution in [1.29, 1.82) is 5.26 Å². The first kappa shape index (κ1) is 23.0. The van der Waals surface area contributed by atoms with Crippen LogP contribution in [0, 0.1) is 11.3 Å². The lowest BCUT2D eigenvalue weighted by atomic mass is 10.0. The number of nitrogens with one attached hydrogen (secondary N) is 1. The lowest BCUT2D eigenvalue weighted by Crippen LogP contribution is -2.28. The molecule has 5 aromatic rings. The quantitative estimate of drug-likeness (QED) is 0.361. The predicted octanol–water partition coefficient (Wildman–Crippen LogP) is 4.20. The summed E-state index contributed by atoms with van der Waals surface area (Å²) in [6, 6.07) is 22.0. The third kappa shape index (κ3) is 3.92. The fraction of sp³-hybridized carbons (Fsp3) is 0.107. The van der Waals surface area contributed by atoms with Crippen molar-refractivity contribution >= 4 is 22.7 Å². The van der Waals surface area contributed by atoms with Crippen LogP contribution in [0.3, 0.4) is 0 Å². The minimum absolute atomic E-state index is 0.0268. The molecule has 38 heavy (non-hydrogen) atoms. The van der Waals surface area contributed by atoms with Crippen molar-refractivity contribution in [2.45, 2.75) is 13.0 Å². The first-order chi connectivity index (χ1) is 18.5. The van der Waals surface area contributed by atoms with Gasteiger partial charge in [0.25, 0.3) is 5.56 Å². The van der Waals surface area contributed by atoms with E-state index in [1.807, 2.05) is 73.7 Å². The van der Waals surface area contributed by atoms with Gasteiger partial charge in [0, 0.05) is 0 Å². The number of benzene rings is 3. The van der Waals surface area contributed by atoms with Gasteiger partial charge < -0.3 is 20.5 Å². The van der Waals surface area contributed by atoms with E-state index < -0.39 is 6.04 Å². The van der Waals surface area contributed by atoms with E-state index in [-0.39, 0.29) is 29.7 Å². The number of anilines is 2. The van der Waals surface area contributed by atoms with Crippen LogP contribution in [-0.4, -0.2) is 26.3 Å². The molecular formula is C28H21N7O3. The van der Waals surface area contributed by atoms with Crippen LogP contribution in [0.1, 0.15) is 24.4 Å². The maximum absolute atomic E-state index is 14.3. The zero-order valence-electron chi connectivity index (χ0n) is 20.3. The average Bonchev–Trinajstić information content (AvgIpc) is 3.41. The van der Waals surface area contributed by atoms with Crippen LogP contribution in [0.25, 0.3) is 27.7 Å². The molecule has 0 amide bonds. The number of hydrogen-bond acceptors (Lipinski definition) is 9. The number of aromatic nitrogens is 4. The van der Waals surface area contributed by atoms with Gasteiger partial charge in [-0.05, 0) is 48.4 Å². The maximum Gasteiger partial charge on any atom is 0.266 e. The normalized spacial score (nSPS) is 12.7. The predicted molar refractivity (Wildman–Crippen MR) is 142 cm³/mol. The molecule has 0 unspecified atom stereocenters. The molecule has 0 spiro atoms. The number of nitrogens with two attached hydrogens (primary N) is 1. The molecule has 3 N–H and O–H groups in total. The maximum atomic E-state index is 14.3. The second-order valence-corrected chi connectivity index (χ2v) is 8.68. The lowest BCUT2D eigenvalue weighted by molar-refractivity contribution is 0.174. The molecule has 10 nitrogen and oxygen atoms in total. The zero-order chi connectivity index (χ0) is 26.2. The molecular weight excluding hydrogens is 482 g/mol. The Morgan fingerprint density at radius 3 is 2.68 bits per heavy atom. The monoisotopic (exact) mass is 503 g/mol. The fourth-order valence-electron chi connectivity index (χ4n) is 4.53. The van der Waals surface area contributed by atoms with Gasteiger partial charge in [0.2, 0.25) is 12.7 Å². The van der Waals surface area contributed by atoms with Crippen LogP contribution < -0.4 is 26.1 Å². The number of rotatable bonds is 5. The molecule has 6 rings (SSSR count). The molecule has 3 aromatic carbocycles. The Morgan fingerprint density at radius 2 is 1.87 bits per heavy atom. The van der Waals surface area contributed by atoms with Crippen molar-refractivity contribution in [3.63, 3.8) is 0 Å². The summed E-state index contributed by atoms with van der Waals surface area (Å²) >= 11 is 0. The van der Waals surface area contributed by atoms with Gasteiger partial charge in [-0.1, -0.05) is 36.4 Å². The van der Waals surface area contributed by atoms with Crippen LogP contribution in [-0.2, 0) is 0 Å². The van der Waals surface area contributed by atoms with Gasteiger partial charge in [-0.3, -0.25) is 9.36 Å². The molecule has 0 saturated carbocycles. The summed E-state index contributed by atoms with van der Waals surface area (Å²) in [5.41, 5.74) is 8.48. The molecule has 186 valence electrons. The van der Waals surface area contributed by atoms with Crippen LogP contribution in [0.4, 0.5) is 11.8 Å². The molecule has 0 aliphatic carbocycles. The summed E-state index contributed by atoms with van der Waals surface area (Å²) in [5.74, 6) is 2.02. The third-order valence-electron chi connectivity index (χ3n) is 6.29. The Morgan fingerprint density at radius 1 is 1.05 bits per heavy atom. The smallest absolute Gasteiger partial charge is 0.266 e. The van der Waals surface area contributed by atoms with E-state index in [0.29, 0.717) is 33.9 Å². The highest BCUT2D eigenvalue weighted by Crippen LogP contribution is 2.37. The molecule has 1 aliphatic heterocycles. The van der Waals surface area contributed by atoms with E-state index in [2.05, 4.69) is 21.4 Å². The molecule has 1 atom stereocenters. The highest BCUT2D eigenvalue weighted by atomic mass is 16.7. The van der Waals surface area contributed by atoms with Crippen LogP contribution >= 0.6 is 0 Å². The number of nitriles is 1. The number of para-hydroxylation sites is 1. The van der Waals surface area contributed by atoms with Crippen LogP contribution in [0.2, 0.25) is 0 Å². The fourth-order valence-corrected chi connectivity index (χ4v) is 4.53. The Balaban J connectivity index is 1.56. The highest BCUT2D eigenvalue weighted by molar-refractivity contribution is 5.94. The molecule has 0 fully saturated rings. The number of fused-ring (bicyclic) bond motifs is 2. The summed E-state index contributed by atoms with van der Waals surface area (Å²) in [5, 5.41) is 13.2. The van der Waals surface area contributed by atoms with Gasteiger partial charge in [0.05, 0.1) is 28.8 Å². The molecule has 3 heterocycles. The summed E-state index contributed by atoms with van der Waals surface area (Å²) in [4.78, 5) is 27.2. The van der Waals surface area contributed by atoms with Crippen molar-refractivity contribution in [2.24, 2.45) is 0 Å². The number of nitrogens with zero attached hydrogens (tertiary/aromatic N) is 5. The summed E-state index contributed by atoms with van der Waals surface area (Å²) in [6.45, 7) is 2.00. The van der Waals surface area contributed by atoms with Crippen molar-refractivity contribution in [3.05, 3.63) is 94.7 Å². The highest BCUT2D eigenvalue weighted by Gasteiger charge is 2.22. The number of ether oxygens (including phenoxy) is 2. The Bertz CT molecular complexity index is 1800. The van der Waals surface area contributed by atoms with Crippen molar-refractivity contribution in [3.8, 4) is 34.4 Å². The number of nitrogen functional groups attached to an aromatic ring is 1. The number of hydrogen-bond donors (Lipinski definition) is 2. The first-order valence-electron chi connectivity index (χ1n) is 11.8. The van der Waals surface area contributed by atoms with Gasteiger partial charge in [0.1, 0.15) is 23.3 Å². The third-order valence-corrected chi connectivity index (χ3v) is 6.29. The van der Waals surface area contributed by atoms with Crippen molar-refractivity contribution in [2.75, 3.05) is 17.8 Å². The van der Waals surface area contributed by atoms with Crippen molar-refractivity contribution < 1.29 is 9.47 Å². The summed E-state index contributed by atoms with van der Waals surface area (Å²) < 4.78 is 12.6.